The number of nitrogens with zero attached hydrogens (tertiary/aromatic N) is 2. The van der Waals surface area contributed by atoms with Crippen molar-refractivity contribution in [2.45, 2.75) is 25.3 Å². The zero-order valence-corrected chi connectivity index (χ0v) is 16.6. The summed E-state index contributed by atoms with van der Waals surface area (Å²) in [5.41, 5.74) is 2.12. The number of rotatable bonds is 5. The molecule has 1 saturated heterocycles. The molecule has 1 fully saturated rings. The Kier molecular flexibility index (Phi) is 5.72. The molecule has 1 aromatic heterocycles. The van der Waals surface area contributed by atoms with Crippen LogP contribution < -0.4 is 5.32 Å². The van der Waals surface area contributed by atoms with Crippen molar-refractivity contribution in [2.75, 3.05) is 19.6 Å². The van der Waals surface area contributed by atoms with E-state index in [9.17, 15) is 4.79 Å². The molecule has 3 aromatic rings. The van der Waals surface area contributed by atoms with E-state index >= 15 is 0 Å². The number of benzene rings is 2. The lowest BCUT2D eigenvalue weighted by Crippen LogP contribution is -2.41. The smallest absolute Gasteiger partial charge is 0.234 e. The molecular weight excluding hydrogens is 378 g/mol. The number of para-hydroxylation sites is 1. The third kappa shape index (κ3) is 4.67. The lowest BCUT2D eigenvalue weighted by atomic mass is 9.97. The monoisotopic (exact) mass is 399 g/mol. The van der Waals surface area contributed by atoms with Gasteiger partial charge in [-0.15, -0.1) is 11.3 Å². The number of fused-ring (bicyclic) bond motifs is 1. The summed E-state index contributed by atoms with van der Waals surface area (Å²) in [7, 11) is 0. The number of carbonyl (C=O) groups is 1. The fourth-order valence-electron chi connectivity index (χ4n) is 3.51. The van der Waals surface area contributed by atoms with Crippen molar-refractivity contribution in [2.24, 2.45) is 0 Å². The molecule has 1 N–H and O–H groups in total. The lowest BCUT2D eigenvalue weighted by Gasteiger charge is -2.30. The minimum atomic E-state index is 0.0633. The van der Waals surface area contributed by atoms with E-state index in [1.807, 2.05) is 30.3 Å². The van der Waals surface area contributed by atoms with Gasteiger partial charge in [-0.05, 0) is 55.8 Å². The van der Waals surface area contributed by atoms with Gasteiger partial charge in [0.15, 0.2) is 0 Å². The predicted molar refractivity (Wildman–Crippen MR) is 111 cm³/mol. The first-order chi connectivity index (χ1) is 13.2. The number of amides is 1. The maximum atomic E-state index is 12.2. The van der Waals surface area contributed by atoms with Gasteiger partial charge in [0.1, 0.15) is 0 Å². The summed E-state index contributed by atoms with van der Waals surface area (Å²) in [6.45, 7) is 2.84. The largest absolute Gasteiger partial charge is 0.351 e. The van der Waals surface area contributed by atoms with Crippen LogP contribution in [0.2, 0.25) is 5.02 Å². The zero-order valence-electron chi connectivity index (χ0n) is 15.0. The Bertz CT molecular complexity index is 901. The second kappa shape index (κ2) is 8.38. The molecular formula is C21H22ClN3OS. The van der Waals surface area contributed by atoms with E-state index < -0.39 is 0 Å². The second-order valence-corrected chi connectivity index (χ2v) is 8.48. The molecule has 140 valence electrons. The zero-order chi connectivity index (χ0) is 18.6. The maximum Gasteiger partial charge on any atom is 0.234 e. The van der Waals surface area contributed by atoms with Crippen molar-refractivity contribution >= 4 is 39.1 Å². The Morgan fingerprint density at radius 1 is 1.19 bits per heavy atom. The highest BCUT2D eigenvalue weighted by Crippen LogP contribution is 2.33. The summed E-state index contributed by atoms with van der Waals surface area (Å²) < 4.78 is 1.26. The Labute approximate surface area is 168 Å². The highest BCUT2D eigenvalue weighted by molar-refractivity contribution is 7.18. The van der Waals surface area contributed by atoms with E-state index in [4.69, 9.17) is 16.6 Å². The van der Waals surface area contributed by atoms with Crippen LogP contribution in [0.5, 0.6) is 0 Å². The summed E-state index contributed by atoms with van der Waals surface area (Å²) in [5, 5.41) is 4.92. The number of piperidine rings is 1. The molecule has 0 aliphatic carbocycles. The third-order valence-electron chi connectivity index (χ3n) is 4.99. The normalized spacial score (nSPS) is 15.9. The number of halogens is 1. The third-order valence-corrected chi connectivity index (χ3v) is 6.43. The molecule has 6 heteroatoms. The topological polar surface area (TPSA) is 45.2 Å². The number of aromatic nitrogens is 1. The predicted octanol–water partition coefficient (Wildman–Crippen LogP) is 4.45. The van der Waals surface area contributed by atoms with Crippen LogP contribution in [-0.4, -0.2) is 35.4 Å². The molecule has 0 spiro atoms. The first-order valence-electron chi connectivity index (χ1n) is 9.26. The van der Waals surface area contributed by atoms with Gasteiger partial charge >= 0.3 is 0 Å². The van der Waals surface area contributed by atoms with Crippen LogP contribution in [0.1, 0.15) is 29.3 Å². The Morgan fingerprint density at radius 2 is 2.00 bits per heavy atom. The minimum Gasteiger partial charge on any atom is -0.351 e. The van der Waals surface area contributed by atoms with E-state index in [2.05, 4.69) is 28.4 Å². The molecule has 2 aromatic carbocycles. The molecule has 27 heavy (non-hydrogen) atoms. The van der Waals surface area contributed by atoms with Crippen LogP contribution >= 0.6 is 22.9 Å². The number of likely N-dealkylation sites (tertiary alicyclic amines) is 1. The molecule has 4 rings (SSSR count). The molecule has 0 saturated carbocycles. The Balaban J connectivity index is 1.26. The lowest BCUT2D eigenvalue weighted by molar-refractivity contribution is -0.122. The summed E-state index contributed by atoms with van der Waals surface area (Å²) in [6, 6.07) is 15.9. The van der Waals surface area contributed by atoms with E-state index in [0.29, 0.717) is 24.0 Å². The first kappa shape index (κ1) is 18.4. The van der Waals surface area contributed by atoms with Crippen LogP contribution in [0.4, 0.5) is 0 Å². The van der Waals surface area contributed by atoms with Crippen molar-refractivity contribution in [3.63, 3.8) is 0 Å². The van der Waals surface area contributed by atoms with E-state index in [0.717, 1.165) is 37.0 Å². The first-order valence-corrected chi connectivity index (χ1v) is 10.5. The van der Waals surface area contributed by atoms with Gasteiger partial charge < -0.3 is 5.32 Å². The highest BCUT2D eigenvalue weighted by Gasteiger charge is 2.24. The molecule has 0 atom stereocenters. The van der Waals surface area contributed by atoms with Crippen LogP contribution in [0, 0.1) is 0 Å². The molecule has 1 aliphatic rings. The van der Waals surface area contributed by atoms with Gasteiger partial charge in [-0.1, -0.05) is 35.9 Å². The van der Waals surface area contributed by atoms with Crippen molar-refractivity contribution in [1.82, 2.24) is 15.2 Å². The number of thiazole rings is 1. The Morgan fingerprint density at radius 3 is 2.78 bits per heavy atom. The van der Waals surface area contributed by atoms with Gasteiger partial charge in [-0.25, -0.2) is 4.98 Å². The van der Waals surface area contributed by atoms with E-state index in [1.165, 1.54) is 9.71 Å². The molecule has 0 bridgehead atoms. The van der Waals surface area contributed by atoms with Crippen LogP contribution in [0.25, 0.3) is 10.2 Å². The molecule has 0 radical (unpaired) electrons. The number of hydrogen-bond donors (Lipinski definition) is 1. The van der Waals surface area contributed by atoms with Crippen LogP contribution in [-0.2, 0) is 11.3 Å². The Hall–Kier alpha value is -1.95. The van der Waals surface area contributed by atoms with Crippen molar-refractivity contribution in [3.8, 4) is 0 Å². The van der Waals surface area contributed by atoms with E-state index in [1.54, 1.807) is 11.3 Å². The molecule has 4 nitrogen and oxygen atoms in total. The van der Waals surface area contributed by atoms with Gasteiger partial charge in [-0.2, -0.15) is 0 Å². The minimum absolute atomic E-state index is 0.0633. The maximum absolute atomic E-state index is 12.2. The summed E-state index contributed by atoms with van der Waals surface area (Å²) in [5.74, 6) is 0.571. The second-order valence-electron chi connectivity index (χ2n) is 6.98. The number of carbonyl (C=O) groups excluding carboxylic acids is 1. The van der Waals surface area contributed by atoms with Gasteiger partial charge in [0.25, 0.3) is 0 Å². The van der Waals surface area contributed by atoms with Gasteiger partial charge in [0.05, 0.1) is 21.8 Å². The SMILES string of the molecule is O=C(CN1CCC(c2nc3ccccc3s2)CC1)NCc1cccc(Cl)c1. The fourth-order valence-corrected chi connectivity index (χ4v) is 4.86. The van der Waals surface area contributed by atoms with Crippen LogP contribution in [0.15, 0.2) is 48.5 Å². The average molecular weight is 400 g/mol. The summed E-state index contributed by atoms with van der Waals surface area (Å²) in [6.07, 6.45) is 2.11. The van der Waals surface area contributed by atoms with Crippen molar-refractivity contribution < 1.29 is 4.79 Å². The summed E-state index contributed by atoms with van der Waals surface area (Å²) in [4.78, 5) is 19.3. The van der Waals surface area contributed by atoms with Gasteiger partial charge in [-0.3, -0.25) is 9.69 Å². The molecule has 0 unspecified atom stereocenters. The van der Waals surface area contributed by atoms with Gasteiger partial charge in [0, 0.05) is 17.5 Å². The molecule has 1 aliphatic heterocycles. The summed E-state index contributed by atoms with van der Waals surface area (Å²) >= 11 is 7.79. The quantitative estimate of drug-likeness (QED) is 0.689. The molecule has 1 amide bonds. The average Bonchev–Trinajstić information content (AvgIpc) is 3.11. The van der Waals surface area contributed by atoms with Crippen molar-refractivity contribution in [3.05, 3.63) is 64.1 Å². The number of hydrogen-bond acceptors (Lipinski definition) is 4. The van der Waals surface area contributed by atoms with Crippen LogP contribution in [0.3, 0.4) is 0 Å². The molecule has 2 heterocycles. The van der Waals surface area contributed by atoms with Gasteiger partial charge in [0.2, 0.25) is 5.91 Å². The highest BCUT2D eigenvalue weighted by atomic mass is 35.5. The van der Waals surface area contributed by atoms with E-state index in [-0.39, 0.29) is 5.91 Å². The fraction of sp³-hybridized carbons (Fsp3) is 0.333. The van der Waals surface area contributed by atoms with Crippen molar-refractivity contribution in [1.29, 1.82) is 0 Å². The standard InChI is InChI=1S/C21H22ClN3OS/c22-17-5-3-4-15(12-17)13-23-20(26)14-25-10-8-16(9-11-25)21-24-18-6-1-2-7-19(18)27-21/h1-7,12,16H,8-11,13-14H2,(H,23,26). The number of nitrogens with one attached hydrogen (secondary N) is 1.